The van der Waals surface area contributed by atoms with E-state index < -0.39 is 0 Å². The van der Waals surface area contributed by atoms with Crippen molar-refractivity contribution in [1.29, 1.82) is 5.26 Å². The number of nitrogen functional groups attached to an aromatic ring is 1. The van der Waals surface area contributed by atoms with Crippen molar-refractivity contribution >= 4 is 39.8 Å². The summed E-state index contributed by atoms with van der Waals surface area (Å²) in [6, 6.07) is 11.1. The molecule has 6 nitrogen and oxygen atoms in total. The van der Waals surface area contributed by atoms with Crippen LogP contribution in [0.5, 0.6) is 0 Å². The van der Waals surface area contributed by atoms with Gasteiger partial charge in [-0.1, -0.05) is 41.3 Å². The smallest absolute Gasteiger partial charge is 0.238 e. The average molecular weight is 305 g/mol. The van der Waals surface area contributed by atoms with Gasteiger partial charge in [0.05, 0.1) is 11.8 Å². The van der Waals surface area contributed by atoms with Crippen LogP contribution in [0.25, 0.3) is 0 Å². The molecule has 0 saturated heterocycles. The summed E-state index contributed by atoms with van der Waals surface area (Å²) in [5, 5.41) is 16.7. The van der Waals surface area contributed by atoms with Crippen molar-refractivity contribution in [2.45, 2.75) is 4.34 Å². The van der Waals surface area contributed by atoms with E-state index in [-0.39, 0.29) is 18.2 Å². The third-order valence-corrected chi connectivity index (χ3v) is 4.21. The Morgan fingerprint density at radius 1 is 1.40 bits per heavy atom. The Hall–Kier alpha value is -2.11. The standard InChI is InChI=1S/C12H11N5OS2/c13-6-7-17(9-4-2-1-3-5-9)10(18)8-19-12-16-15-11(14)20-12/h1-5H,7-8H2,(H2,14,15). The zero-order valence-electron chi connectivity index (χ0n) is 10.4. The summed E-state index contributed by atoms with van der Waals surface area (Å²) in [4.78, 5) is 13.6. The lowest BCUT2D eigenvalue weighted by atomic mass is 10.3. The van der Waals surface area contributed by atoms with Crippen molar-refractivity contribution in [2.75, 3.05) is 22.9 Å². The van der Waals surface area contributed by atoms with Crippen molar-refractivity contribution < 1.29 is 4.79 Å². The number of nitriles is 1. The maximum Gasteiger partial charge on any atom is 0.238 e. The molecule has 0 aliphatic rings. The van der Waals surface area contributed by atoms with E-state index in [4.69, 9.17) is 11.0 Å². The molecule has 2 N–H and O–H groups in total. The lowest BCUT2D eigenvalue weighted by Crippen LogP contribution is -2.32. The van der Waals surface area contributed by atoms with Crippen molar-refractivity contribution in [2.24, 2.45) is 0 Å². The second-order valence-corrected chi connectivity index (χ2v) is 5.90. The Morgan fingerprint density at radius 2 is 2.15 bits per heavy atom. The Labute approximate surface area is 124 Å². The number of para-hydroxylation sites is 1. The molecular formula is C12H11N5OS2. The summed E-state index contributed by atoms with van der Waals surface area (Å²) in [5.74, 6) is 0.0297. The second-order valence-electron chi connectivity index (χ2n) is 3.67. The van der Waals surface area contributed by atoms with Gasteiger partial charge < -0.3 is 5.73 Å². The number of carbonyl (C=O) groups excluding carboxylic acids is 1. The van der Waals surface area contributed by atoms with E-state index in [0.29, 0.717) is 15.2 Å². The van der Waals surface area contributed by atoms with Crippen LogP contribution in [-0.4, -0.2) is 28.4 Å². The molecule has 1 aromatic carbocycles. The normalized spacial score (nSPS) is 9.95. The van der Waals surface area contributed by atoms with Gasteiger partial charge in [0.2, 0.25) is 11.0 Å². The van der Waals surface area contributed by atoms with E-state index in [1.54, 1.807) is 12.1 Å². The SMILES string of the molecule is N#CCN(C(=O)CSc1nnc(N)s1)c1ccccc1. The molecule has 2 aromatic rings. The minimum absolute atomic E-state index is 0.0155. The molecule has 1 heterocycles. The number of rotatable bonds is 5. The van der Waals surface area contributed by atoms with Crippen LogP contribution in [0, 0.1) is 11.3 Å². The predicted molar refractivity (Wildman–Crippen MR) is 79.5 cm³/mol. The van der Waals surface area contributed by atoms with E-state index >= 15 is 0 Å². The Balaban J connectivity index is 2.02. The fourth-order valence-corrected chi connectivity index (χ4v) is 2.99. The summed E-state index contributed by atoms with van der Waals surface area (Å²) in [7, 11) is 0. The maximum atomic E-state index is 12.2. The van der Waals surface area contributed by atoms with E-state index in [9.17, 15) is 4.79 Å². The lowest BCUT2D eigenvalue weighted by molar-refractivity contribution is -0.116. The molecule has 0 fully saturated rings. The van der Waals surface area contributed by atoms with Crippen molar-refractivity contribution in [3.8, 4) is 6.07 Å². The fourth-order valence-electron chi connectivity index (χ4n) is 1.48. The number of thioether (sulfide) groups is 1. The molecule has 0 saturated carbocycles. The fraction of sp³-hybridized carbons (Fsp3) is 0.167. The third kappa shape index (κ3) is 3.69. The van der Waals surface area contributed by atoms with Crippen molar-refractivity contribution in [3.05, 3.63) is 30.3 Å². The number of carbonyl (C=O) groups is 1. The summed E-state index contributed by atoms with van der Waals surface area (Å²) < 4.78 is 0.640. The highest BCUT2D eigenvalue weighted by molar-refractivity contribution is 8.01. The molecule has 1 amide bonds. The molecule has 0 aliphatic heterocycles. The van der Waals surface area contributed by atoms with Gasteiger partial charge in [0, 0.05) is 5.69 Å². The molecule has 0 bridgehead atoms. The highest BCUT2D eigenvalue weighted by Crippen LogP contribution is 2.24. The van der Waals surface area contributed by atoms with Gasteiger partial charge in [0.15, 0.2) is 4.34 Å². The molecule has 0 atom stereocenters. The van der Waals surface area contributed by atoms with Gasteiger partial charge in [-0.25, -0.2) is 0 Å². The topological polar surface area (TPSA) is 95.9 Å². The number of amides is 1. The van der Waals surface area contributed by atoms with Crippen molar-refractivity contribution in [1.82, 2.24) is 10.2 Å². The largest absolute Gasteiger partial charge is 0.374 e. The van der Waals surface area contributed by atoms with Crippen LogP contribution in [0.4, 0.5) is 10.8 Å². The molecule has 20 heavy (non-hydrogen) atoms. The van der Waals surface area contributed by atoms with Crippen LogP contribution in [0.1, 0.15) is 0 Å². The minimum atomic E-state index is -0.156. The molecule has 0 radical (unpaired) electrons. The number of hydrogen-bond acceptors (Lipinski definition) is 7. The number of hydrogen-bond donors (Lipinski definition) is 1. The first-order valence-electron chi connectivity index (χ1n) is 5.65. The van der Waals surface area contributed by atoms with Gasteiger partial charge in [0.1, 0.15) is 6.54 Å². The molecule has 8 heteroatoms. The summed E-state index contributed by atoms with van der Waals surface area (Å²) >= 11 is 2.50. The van der Waals surface area contributed by atoms with Gasteiger partial charge in [-0.05, 0) is 12.1 Å². The lowest BCUT2D eigenvalue weighted by Gasteiger charge is -2.19. The van der Waals surface area contributed by atoms with Crippen molar-refractivity contribution in [3.63, 3.8) is 0 Å². The van der Waals surface area contributed by atoms with Gasteiger partial charge >= 0.3 is 0 Å². The van der Waals surface area contributed by atoms with Crippen LogP contribution in [-0.2, 0) is 4.79 Å². The zero-order valence-corrected chi connectivity index (χ0v) is 12.0. The Morgan fingerprint density at radius 3 is 2.75 bits per heavy atom. The number of benzene rings is 1. The Kier molecular flexibility index (Phi) is 4.92. The molecule has 0 unspecified atom stereocenters. The zero-order chi connectivity index (χ0) is 14.4. The summed E-state index contributed by atoms with van der Waals surface area (Å²) in [6.45, 7) is 0.0155. The summed E-state index contributed by atoms with van der Waals surface area (Å²) in [5.41, 5.74) is 6.18. The first-order valence-corrected chi connectivity index (χ1v) is 7.45. The molecule has 1 aromatic heterocycles. The first kappa shape index (κ1) is 14.3. The highest BCUT2D eigenvalue weighted by atomic mass is 32.2. The molecular weight excluding hydrogens is 294 g/mol. The van der Waals surface area contributed by atoms with E-state index in [0.717, 1.165) is 0 Å². The number of aromatic nitrogens is 2. The first-order chi connectivity index (χ1) is 9.70. The second kappa shape index (κ2) is 6.88. The van der Waals surface area contributed by atoms with Crippen LogP contribution in [0.15, 0.2) is 34.7 Å². The third-order valence-electron chi connectivity index (χ3n) is 2.34. The van der Waals surface area contributed by atoms with Crippen LogP contribution in [0.2, 0.25) is 0 Å². The number of nitrogens with two attached hydrogens (primary N) is 1. The molecule has 102 valence electrons. The molecule has 0 aliphatic carbocycles. The van der Waals surface area contributed by atoms with Crippen LogP contribution >= 0.6 is 23.1 Å². The minimum Gasteiger partial charge on any atom is -0.374 e. The molecule has 2 rings (SSSR count). The van der Waals surface area contributed by atoms with E-state index in [1.807, 2.05) is 24.3 Å². The quantitative estimate of drug-likeness (QED) is 0.668. The van der Waals surface area contributed by atoms with Gasteiger partial charge in [-0.2, -0.15) is 5.26 Å². The van der Waals surface area contributed by atoms with Crippen LogP contribution < -0.4 is 10.6 Å². The molecule has 0 spiro atoms. The Bertz CT molecular complexity index is 622. The number of nitrogens with zero attached hydrogens (tertiary/aromatic N) is 4. The highest BCUT2D eigenvalue weighted by Gasteiger charge is 2.16. The maximum absolute atomic E-state index is 12.2. The van der Waals surface area contributed by atoms with Gasteiger partial charge in [-0.3, -0.25) is 9.69 Å². The van der Waals surface area contributed by atoms with Gasteiger partial charge in [-0.15, -0.1) is 10.2 Å². The van der Waals surface area contributed by atoms with E-state index in [1.165, 1.54) is 28.0 Å². The van der Waals surface area contributed by atoms with E-state index in [2.05, 4.69) is 10.2 Å². The summed E-state index contributed by atoms with van der Waals surface area (Å²) in [6.07, 6.45) is 0. The monoisotopic (exact) mass is 305 g/mol. The average Bonchev–Trinajstić information content (AvgIpc) is 2.89. The number of anilines is 2. The predicted octanol–water partition coefficient (Wildman–Crippen LogP) is 1.77. The van der Waals surface area contributed by atoms with Crippen LogP contribution in [0.3, 0.4) is 0 Å². The van der Waals surface area contributed by atoms with Gasteiger partial charge in [0.25, 0.3) is 0 Å².